The molecule has 3 aromatic carbocycles. The van der Waals surface area contributed by atoms with Crippen molar-refractivity contribution in [3.8, 4) is 17.2 Å². The maximum atomic E-state index is 5.78. The SMILES string of the molecule is COc1cccc([C@H](CNc2nnnn2-c2ccccc2)c2c[nH]c3ccccc23)c1OC. The Morgan fingerprint density at radius 3 is 2.55 bits per heavy atom. The molecule has 0 saturated heterocycles. The van der Waals surface area contributed by atoms with E-state index in [1.165, 1.54) is 0 Å². The average Bonchev–Trinajstić information content (AvgIpc) is 3.52. The van der Waals surface area contributed by atoms with Crippen LogP contribution in [-0.2, 0) is 0 Å². The van der Waals surface area contributed by atoms with Crippen molar-refractivity contribution in [3.05, 3.63) is 90.1 Å². The molecule has 8 heteroatoms. The van der Waals surface area contributed by atoms with Crippen LogP contribution in [0.5, 0.6) is 11.5 Å². The van der Waals surface area contributed by atoms with Gasteiger partial charge in [-0.25, -0.2) is 0 Å². The second-order valence-corrected chi connectivity index (χ2v) is 7.56. The van der Waals surface area contributed by atoms with Gasteiger partial charge in [-0.15, -0.1) is 0 Å². The number of anilines is 1. The Bertz CT molecular complexity index is 1360. The van der Waals surface area contributed by atoms with Crippen molar-refractivity contribution in [2.24, 2.45) is 0 Å². The smallest absolute Gasteiger partial charge is 0.247 e. The van der Waals surface area contributed by atoms with E-state index in [9.17, 15) is 0 Å². The van der Waals surface area contributed by atoms with Crippen molar-refractivity contribution in [2.45, 2.75) is 5.92 Å². The number of para-hydroxylation sites is 3. The summed E-state index contributed by atoms with van der Waals surface area (Å²) in [7, 11) is 3.31. The number of hydrogen-bond donors (Lipinski definition) is 2. The molecule has 1 atom stereocenters. The predicted octanol–water partition coefficient (Wildman–Crippen LogP) is 4.40. The monoisotopic (exact) mass is 440 g/mol. The second kappa shape index (κ2) is 9.04. The molecule has 0 aliphatic heterocycles. The average molecular weight is 441 g/mol. The van der Waals surface area contributed by atoms with E-state index in [-0.39, 0.29) is 5.92 Å². The largest absolute Gasteiger partial charge is 0.493 e. The standard InChI is InChI=1S/C25H24N6O2/c1-32-23-14-8-12-19(24(23)33-2)21(20-15-26-22-13-7-6-11-18(20)22)16-27-25-28-29-30-31(25)17-9-4-3-5-10-17/h3-15,21,26H,16H2,1-2H3,(H,27,28,30)/t21-/m0/s1. The number of rotatable bonds is 8. The van der Waals surface area contributed by atoms with Gasteiger partial charge in [-0.3, -0.25) is 0 Å². The molecule has 0 radical (unpaired) electrons. The summed E-state index contributed by atoms with van der Waals surface area (Å²) in [6.45, 7) is 0.540. The van der Waals surface area contributed by atoms with Gasteiger partial charge in [0.2, 0.25) is 5.95 Å². The van der Waals surface area contributed by atoms with Gasteiger partial charge in [0.25, 0.3) is 0 Å². The van der Waals surface area contributed by atoms with Crippen LogP contribution < -0.4 is 14.8 Å². The first-order valence-electron chi connectivity index (χ1n) is 10.6. The lowest BCUT2D eigenvalue weighted by Gasteiger charge is -2.22. The summed E-state index contributed by atoms with van der Waals surface area (Å²) in [4.78, 5) is 3.39. The number of H-pyrrole nitrogens is 1. The third-order valence-electron chi connectivity index (χ3n) is 5.74. The van der Waals surface area contributed by atoms with Crippen LogP contribution in [0.3, 0.4) is 0 Å². The minimum absolute atomic E-state index is 0.0628. The lowest BCUT2D eigenvalue weighted by atomic mass is 9.90. The molecular formula is C25H24N6O2. The molecular weight excluding hydrogens is 416 g/mol. The predicted molar refractivity (Wildman–Crippen MR) is 127 cm³/mol. The number of aromatic amines is 1. The molecule has 0 aliphatic carbocycles. The minimum atomic E-state index is -0.0628. The van der Waals surface area contributed by atoms with Crippen molar-refractivity contribution in [2.75, 3.05) is 26.1 Å². The molecule has 0 saturated carbocycles. The van der Waals surface area contributed by atoms with Crippen molar-refractivity contribution >= 4 is 16.9 Å². The van der Waals surface area contributed by atoms with Gasteiger partial charge in [0.15, 0.2) is 11.5 Å². The Balaban J connectivity index is 1.56. The van der Waals surface area contributed by atoms with Crippen LogP contribution in [0.15, 0.2) is 79.0 Å². The molecule has 2 N–H and O–H groups in total. The molecule has 33 heavy (non-hydrogen) atoms. The van der Waals surface area contributed by atoms with E-state index in [4.69, 9.17) is 9.47 Å². The van der Waals surface area contributed by atoms with E-state index in [0.29, 0.717) is 24.0 Å². The van der Waals surface area contributed by atoms with Crippen molar-refractivity contribution in [1.29, 1.82) is 0 Å². The first kappa shape index (κ1) is 20.6. The van der Waals surface area contributed by atoms with E-state index in [1.54, 1.807) is 18.9 Å². The molecule has 0 spiro atoms. The Hall–Kier alpha value is -4.33. The Morgan fingerprint density at radius 1 is 0.909 bits per heavy atom. The lowest BCUT2D eigenvalue weighted by molar-refractivity contribution is 0.350. The molecule has 0 unspecified atom stereocenters. The number of methoxy groups -OCH3 is 2. The minimum Gasteiger partial charge on any atom is -0.493 e. The first-order chi connectivity index (χ1) is 16.3. The number of ether oxygens (including phenoxy) is 2. The summed E-state index contributed by atoms with van der Waals surface area (Å²) in [5.41, 5.74) is 4.11. The van der Waals surface area contributed by atoms with Crippen molar-refractivity contribution < 1.29 is 9.47 Å². The van der Waals surface area contributed by atoms with Gasteiger partial charge in [0, 0.05) is 35.1 Å². The van der Waals surface area contributed by atoms with E-state index in [1.807, 2.05) is 54.6 Å². The molecule has 0 aliphatic rings. The highest BCUT2D eigenvalue weighted by atomic mass is 16.5. The quantitative estimate of drug-likeness (QED) is 0.372. The highest BCUT2D eigenvalue weighted by molar-refractivity contribution is 5.84. The van der Waals surface area contributed by atoms with Crippen molar-refractivity contribution in [3.63, 3.8) is 0 Å². The molecule has 8 nitrogen and oxygen atoms in total. The molecule has 2 aromatic heterocycles. The number of tetrazole rings is 1. The van der Waals surface area contributed by atoms with E-state index in [2.05, 4.69) is 50.2 Å². The second-order valence-electron chi connectivity index (χ2n) is 7.56. The van der Waals surface area contributed by atoms with Crippen LogP contribution in [-0.4, -0.2) is 46.0 Å². The van der Waals surface area contributed by atoms with E-state index < -0.39 is 0 Å². The summed E-state index contributed by atoms with van der Waals surface area (Å²) < 4.78 is 13.0. The highest BCUT2D eigenvalue weighted by Gasteiger charge is 2.24. The van der Waals surface area contributed by atoms with Gasteiger partial charge in [0.1, 0.15) is 0 Å². The fourth-order valence-corrected chi connectivity index (χ4v) is 4.19. The molecule has 0 fully saturated rings. The number of benzene rings is 3. The number of hydrogen-bond acceptors (Lipinski definition) is 6. The van der Waals surface area contributed by atoms with Gasteiger partial charge in [0.05, 0.1) is 19.9 Å². The number of nitrogens with one attached hydrogen (secondary N) is 2. The summed E-state index contributed by atoms with van der Waals surface area (Å²) in [6, 6.07) is 24.0. The molecule has 2 heterocycles. The van der Waals surface area contributed by atoms with Crippen molar-refractivity contribution in [1.82, 2.24) is 25.2 Å². The fraction of sp³-hybridized carbons (Fsp3) is 0.160. The summed E-state index contributed by atoms with van der Waals surface area (Å²) in [6.07, 6.45) is 2.05. The highest BCUT2D eigenvalue weighted by Crippen LogP contribution is 2.40. The summed E-state index contributed by atoms with van der Waals surface area (Å²) in [5.74, 6) is 1.90. The number of aromatic nitrogens is 5. The Morgan fingerprint density at radius 2 is 1.73 bits per heavy atom. The van der Waals surface area contributed by atoms with E-state index >= 15 is 0 Å². The topological polar surface area (TPSA) is 89.9 Å². The lowest BCUT2D eigenvalue weighted by Crippen LogP contribution is -2.17. The summed E-state index contributed by atoms with van der Waals surface area (Å²) in [5, 5.41) is 16.8. The van der Waals surface area contributed by atoms with Crippen LogP contribution in [0.2, 0.25) is 0 Å². The number of fused-ring (bicyclic) bond motifs is 1. The zero-order chi connectivity index (χ0) is 22.6. The Kier molecular flexibility index (Phi) is 5.63. The normalized spacial score (nSPS) is 11.9. The third kappa shape index (κ3) is 3.87. The molecule has 5 rings (SSSR count). The van der Waals surface area contributed by atoms with Crippen LogP contribution in [0.25, 0.3) is 16.6 Å². The van der Waals surface area contributed by atoms with Gasteiger partial charge < -0.3 is 19.8 Å². The summed E-state index contributed by atoms with van der Waals surface area (Å²) >= 11 is 0. The van der Waals surface area contributed by atoms with Gasteiger partial charge >= 0.3 is 0 Å². The maximum absolute atomic E-state index is 5.78. The number of nitrogens with zero attached hydrogens (tertiary/aromatic N) is 4. The zero-order valence-electron chi connectivity index (χ0n) is 18.4. The Labute approximate surface area is 191 Å². The fourth-order valence-electron chi connectivity index (χ4n) is 4.19. The van der Waals surface area contributed by atoms with Crippen LogP contribution in [0.1, 0.15) is 17.0 Å². The first-order valence-corrected chi connectivity index (χ1v) is 10.6. The third-order valence-corrected chi connectivity index (χ3v) is 5.74. The van der Waals surface area contributed by atoms with E-state index in [0.717, 1.165) is 27.7 Å². The molecule has 5 aromatic rings. The molecule has 0 amide bonds. The maximum Gasteiger partial charge on any atom is 0.247 e. The molecule has 0 bridgehead atoms. The van der Waals surface area contributed by atoms with Crippen LogP contribution in [0.4, 0.5) is 5.95 Å². The molecule has 166 valence electrons. The zero-order valence-corrected chi connectivity index (χ0v) is 18.4. The van der Waals surface area contributed by atoms with Crippen LogP contribution in [0, 0.1) is 0 Å². The van der Waals surface area contributed by atoms with Gasteiger partial charge in [-0.2, -0.15) is 4.68 Å². The van der Waals surface area contributed by atoms with Gasteiger partial charge in [-0.1, -0.05) is 53.6 Å². The van der Waals surface area contributed by atoms with Gasteiger partial charge in [-0.05, 0) is 40.3 Å². The van der Waals surface area contributed by atoms with Crippen LogP contribution >= 0.6 is 0 Å².